The van der Waals surface area contributed by atoms with Crippen molar-refractivity contribution >= 4 is 5.97 Å². The molecule has 0 aromatic rings. The molecule has 0 heterocycles. The van der Waals surface area contributed by atoms with Gasteiger partial charge in [0, 0.05) is 6.04 Å². The number of hydrogen-bond donors (Lipinski definition) is 2. The lowest BCUT2D eigenvalue weighted by atomic mass is 9.99. The number of hydrogen-bond acceptors (Lipinski definition) is 4. The van der Waals surface area contributed by atoms with E-state index in [4.69, 9.17) is 0 Å². The van der Waals surface area contributed by atoms with Crippen molar-refractivity contribution in [2.24, 2.45) is 5.92 Å². The zero-order chi connectivity index (χ0) is 10.4. The minimum Gasteiger partial charge on any atom is -0.467 e. The van der Waals surface area contributed by atoms with E-state index in [2.05, 4.69) is 10.1 Å². The predicted molar refractivity (Wildman–Crippen MR) is 50.3 cm³/mol. The van der Waals surface area contributed by atoms with Gasteiger partial charge < -0.3 is 15.2 Å². The lowest BCUT2D eigenvalue weighted by Gasteiger charge is -2.21. The van der Waals surface area contributed by atoms with Gasteiger partial charge in [0.15, 0.2) is 6.10 Å². The summed E-state index contributed by atoms with van der Waals surface area (Å²) in [6.45, 7) is 4.07. The molecule has 2 N–H and O–H groups in total. The molecule has 0 aliphatic carbocycles. The van der Waals surface area contributed by atoms with E-state index in [-0.39, 0.29) is 6.04 Å². The highest BCUT2D eigenvalue weighted by molar-refractivity contribution is 5.75. The van der Waals surface area contributed by atoms with Crippen molar-refractivity contribution in [3.63, 3.8) is 0 Å². The number of likely N-dealkylation sites (N-methyl/N-ethyl adjacent to an activating group) is 1. The number of aliphatic hydroxyl groups is 1. The van der Waals surface area contributed by atoms with Crippen LogP contribution >= 0.6 is 0 Å². The van der Waals surface area contributed by atoms with Crippen LogP contribution in [0.25, 0.3) is 0 Å². The quantitative estimate of drug-likeness (QED) is 0.605. The maximum Gasteiger partial charge on any atom is 0.336 e. The maximum absolute atomic E-state index is 11.0. The average Bonchev–Trinajstić information content (AvgIpc) is 2.11. The number of rotatable bonds is 5. The molecule has 0 aliphatic rings. The SMILES string of the molecule is CN[C@@H](CC(C)C)C(O)C(=O)OC. The Morgan fingerprint density at radius 2 is 2.08 bits per heavy atom. The Balaban J connectivity index is 4.14. The van der Waals surface area contributed by atoms with E-state index in [1.807, 2.05) is 13.8 Å². The summed E-state index contributed by atoms with van der Waals surface area (Å²) in [4.78, 5) is 11.0. The third-order valence-corrected chi connectivity index (χ3v) is 1.92. The summed E-state index contributed by atoms with van der Waals surface area (Å²) in [5.74, 6) is -0.156. The third-order valence-electron chi connectivity index (χ3n) is 1.92. The molecule has 1 unspecified atom stereocenters. The second kappa shape index (κ2) is 5.94. The highest BCUT2D eigenvalue weighted by Crippen LogP contribution is 2.08. The first-order chi connectivity index (χ1) is 6.02. The Morgan fingerprint density at radius 3 is 2.38 bits per heavy atom. The topological polar surface area (TPSA) is 58.6 Å². The molecule has 4 heteroatoms. The van der Waals surface area contributed by atoms with Crippen LogP contribution in [-0.4, -0.2) is 37.4 Å². The van der Waals surface area contributed by atoms with E-state index in [1.54, 1.807) is 7.05 Å². The van der Waals surface area contributed by atoms with Crippen molar-refractivity contribution in [3.05, 3.63) is 0 Å². The summed E-state index contributed by atoms with van der Waals surface area (Å²) in [6.07, 6.45) is -0.329. The fourth-order valence-electron chi connectivity index (χ4n) is 1.20. The molecule has 0 aromatic heterocycles. The summed E-state index contributed by atoms with van der Waals surface area (Å²) in [5, 5.41) is 12.4. The fraction of sp³-hybridized carbons (Fsp3) is 0.889. The van der Waals surface area contributed by atoms with Gasteiger partial charge in [-0.05, 0) is 19.4 Å². The van der Waals surface area contributed by atoms with Gasteiger partial charge >= 0.3 is 5.97 Å². The van der Waals surface area contributed by atoms with Crippen LogP contribution in [0.5, 0.6) is 0 Å². The van der Waals surface area contributed by atoms with E-state index >= 15 is 0 Å². The molecule has 0 rings (SSSR count). The molecular formula is C9H19NO3. The van der Waals surface area contributed by atoms with Crippen molar-refractivity contribution in [1.29, 1.82) is 0 Å². The summed E-state index contributed by atoms with van der Waals surface area (Å²) in [7, 11) is 2.99. The zero-order valence-electron chi connectivity index (χ0n) is 8.70. The zero-order valence-corrected chi connectivity index (χ0v) is 8.70. The number of aliphatic hydroxyl groups excluding tert-OH is 1. The highest BCUT2D eigenvalue weighted by Gasteiger charge is 2.25. The Labute approximate surface area is 79.3 Å². The second-order valence-corrected chi connectivity index (χ2v) is 3.49. The van der Waals surface area contributed by atoms with Gasteiger partial charge in [0.05, 0.1) is 7.11 Å². The smallest absolute Gasteiger partial charge is 0.336 e. The van der Waals surface area contributed by atoms with Crippen LogP contribution in [0.15, 0.2) is 0 Å². The minimum absolute atomic E-state index is 0.229. The van der Waals surface area contributed by atoms with Gasteiger partial charge in [-0.25, -0.2) is 4.79 Å². The van der Waals surface area contributed by atoms with Crippen LogP contribution in [0.4, 0.5) is 0 Å². The number of nitrogens with one attached hydrogen (secondary N) is 1. The molecule has 0 aliphatic heterocycles. The van der Waals surface area contributed by atoms with E-state index in [0.717, 1.165) is 6.42 Å². The first-order valence-electron chi connectivity index (χ1n) is 4.46. The highest BCUT2D eigenvalue weighted by atomic mass is 16.5. The van der Waals surface area contributed by atoms with Crippen LogP contribution in [-0.2, 0) is 9.53 Å². The van der Waals surface area contributed by atoms with Crippen LogP contribution in [0.3, 0.4) is 0 Å². The lowest BCUT2D eigenvalue weighted by molar-refractivity contribution is -0.152. The normalized spacial score (nSPS) is 15.5. The van der Waals surface area contributed by atoms with Gasteiger partial charge in [0.25, 0.3) is 0 Å². The Hall–Kier alpha value is -0.610. The molecule has 4 nitrogen and oxygen atoms in total. The number of carbonyl (C=O) groups excluding carboxylic acids is 1. The van der Waals surface area contributed by atoms with Crippen LogP contribution < -0.4 is 5.32 Å². The molecule has 0 saturated heterocycles. The van der Waals surface area contributed by atoms with Crippen molar-refractivity contribution < 1.29 is 14.6 Å². The van der Waals surface area contributed by atoms with Crippen molar-refractivity contribution in [1.82, 2.24) is 5.32 Å². The monoisotopic (exact) mass is 189 g/mol. The van der Waals surface area contributed by atoms with Crippen LogP contribution in [0.1, 0.15) is 20.3 Å². The van der Waals surface area contributed by atoms with Crippen molar-refractivity contribution in [2.45, 2.75) is 32.4 Å². The molecule has 0 radical (unpaired) electrons. The molecule has 78 valence electrons. The second-order valence-electron chi connectivity index (χ2n) is 3.49. The summed E-state index contributed by atoms with van der Waals surface area (Å²) >= 11 is 0. The molecule has 0 fully saturated rings. The van der Waals surface area contributed by atoms with Crippen LogP contribution in [0, 0.1) is 5.92 Å². The van der Waals surface area contributed by atoms with E-state index in [9.17, 15) is 9.90 Å². The molecule has 0 bridgehead atoms. The molecule has 0 spiro atoms. The largest absolute Gasteiger partial charge is 0.467 e. The molecule has 0 amide bonds. The number of esters is 1. The first kappa shape index (κ1) is 12.4. The minimum atomic E-state index is -1.07. The van der Waals surface area contributed by atoms with Gasteiger partial charge in [0.1, 0.15) is 0 Å². The Kier molecular flexibility index (Phi) is 5.66. The summed E-state index contributed by atoms with van der Waals surface area (Å²) in [5.41, 5.74) is 0. The molecule has 0 aromatic carbocycles. The van der Waals surface area contributed by atoms with Gasteiger partial charge in [-0.1, -0.05) is 13.8 Å². The average molecular weight is 189 g/mol. The summed E-state index contributed by atoms with van der Waals surface area (Å²) < 4.78 is 4.45. The first-order valence-corrected chi connectivity index (χ1v) is 4.46. The van der Waals surface area contributed by atoms with Gasteiger partial charge in [-0.2, -0.15) is 0 Å². The number of ether oxygens (including phenoxy) is 1. The fourth-order valence-corrected chi connectivity index (χ4v) is 1.20. The van der Waals surface area contributed by atoms with E-state index < -0.39 is 12.1 Å². The summed E-state index contributed by atoms with van der Waals surface area (Å²) in [6, 6.07) is -0.229. The number of methoxy groups -OCH3 is 1. The maximum atomic E-state index is 11.0. The van der Waals surface area contributed by atoms with Gasteiger partial charge in [0.2, 0.25) is 0 Å². The van der Waals surface area contributed by atoms with E-state index in [0.29, 0.717) is 5.92 Å². The standard InChI is InChI=1S/C9H19NO3/c1-6(2)5-7(10-3)8(11)9(12)13-4/h6-8,10-11H,5H2,1-4H3/t7-,8?/m0/s1. The van der Waals surface area contributed by atoms with Gasteiger partial charge in [-0.3, -0.25) is 0 Å². The molecular weight excluding hydrogens is 170 g/mol. The Bertz CT molecular complexity index is 159. The molecule has 0 saturated carbocycles. The van der Waals surface area contributed by atoms with E-state index in [1.165, 1.54) is 7.11 Å². The Morgan fingerprint density at radius 1 is 1.54 bits per heavy atom. The van der Waals surface area contributed by atoms with Crippen molar-refractivity contribution in [2.75, 3.05) is 14.2 Å². The molecule has 13 heavy (non-hydrogen) atoms. The van der Waals surface area contributed by atoms with Gasteiger partial charge in [-0.15, -0.1) is 0 Å². The molecule has 2 atom stereocenters. The third kappa shape index (κ3) is 4.24. The predicted octanol–water partition coefficient (Wildman–Crippen LogP) is 0.154. The van der Waals surface area contributed by atoms with Crippen LogP contribution in [0.2, 0.25) is 0 Å². The van der Waals surface area contributed by atoms with Crippen molar-refractivity contribution in [3.8, 4) is 0 Å². The lowest BCUT2D eigenvalue weighted by Crippen LogP contribution is -2.43. The number of carbonyl (C=O) groups is 1.